The second kappa shape index (κ2) is 6.12. The second-order valence-corrected chi connectivity index (χ2v) is 6.54. The smallest absolute Gasteiger partial charge is 0.305 e. The van der Waals surface area contributed by atoms with E-state index in [9.17, 15) is 9.59 Å². The first-order valence-electron chi connectivity index (χ1n) is 8.87. The lowest BCUT2D eigenvalue weighted by molar-refractivity contribution is 0.707. The quantitative estimate of drug-likeness (QED) is 0.522. The van der Waals surface area contributed by atoms with Crippen molar-refractivity contribution >= 4 is 16.9 Å². The molecule has 7 nitrogen and oxygen atoms in total. The largest absolute Gasteiger partial charge is 0.332 e. The summed E-state index contributed by atoms with van der Waals surface area (Å²) in [4.78, 5) is 29.9. The van der Waals surface area contributed by atoms with Crippen LogP contribution < -0.4 is 11.2 Å². The molecule has 0 spiro atoms. The zero-order chi connectivity index (χ0) is 19.3. The Labute approximate surface area is 155 Å². The normalized spacial score (nSPS) is 11.5. The predicted molar refractivity (Wildman–Crippen MR) is 106 cm³/mol. The average Bonchev–Trinajstić information content (AvgIpc) is 3.21. The Kier molecular flexibility index (Phi) is 3.87. The number of allylic oxidation sites excluding steroid dienone is 1. The predicted octanol–water partition coefficient (Wildman–Crippen LogP) is 2.10. The Morgan fingerprint density at radius 1 is 1.11 bits per heavy atom. The van der Waals surface area contributed by atoms with Crippen LogP contribution in [0.15, 0.2) is 52.6 Å². The highest BCUT2D eigenvalue weighted by Gasteiger charge is 2.24. The SMILES string of the molecule is C=CCn1c(-c2ccccc2)c(CC)n2c3c(=O)n(C)c(=O)n(C)c3nc12. The Bertz CT molecular complexity index is 1300. The highest BCUT2D eigenvalue weighted by molar-refractivity contribution is 5.80. The number of rotatable bonds is 4. The molecule has 0 atom stereocenters. The van der Waals surface area contributed by atoms with E-state index in [1.165, 1.54) is 11.6 Å². The summed E-state index contributed by atoms with van der Waals surface area (Å²) in [5.41, 5.74) is 3.14. The molecule has 3 heterocycles. The molecule has 7 heteroatoms. The van der Waals surface area contributed by atoms with Crippen LogP contribution in [-0.2, 0) is 27.1 Å². The van der Waals surface area contributed by atoms with Crippen LogP contribution in [0.1, 0.15) is 12.6 Å². The summed E-state index contributed by atoms with van der Waals surface area (Å²) in [5.74, 6) is 0.638. The molecule has 4 rings (SSSR count). The number of imidazole rings is 2. The first-order chi connectivity index (χ1) is 13.0. The van der Waals surface area contributed by atoms with Gasteiger partial charge in [-0.25, -0.2) is 4.79 Å². The van der Waals surface area contributed by atoms with Gasteiger partial charge >= 0.3 is 5.69 Å². The van der Waals surface area contributed by atoms with E-state index in [1.54, 1.807) is 7.05 Å². The lowest BCUT2D eigenvalue weighted by atomic mass is 10.1. The molecule has 0 fully saturated rings. The first-order valence-corrected chi connectivity index (χ1v) is 8.87. The summed E-state index contributed by atoms with van der Waals surface area (Å²) in [6.07, 6.45) is 2.52. The first kappa shape index (κ1) is 17.1. The molecule has 138 valence electrons. The third-order valence-corrected chi connectivity index (χ3v) is 4.99. The van der Waals surface area contributed by atoms with Crippen LogP contribution >= 0.6 is 0 Å². The molecule has 0 aliphatic carbocycles. The van der Waals surface area contributed by atoms with Gasteiger partial charge in [0.15, 0.2) is 11.2 Å². The van der Waals surface area contributed by atoms with Gasteiger partial charge in [-0.15, -0.1) is 6.58 Å². The zero-order valence-electron chi connectivity index (χ0n) is 15.6. The average molecular weight is 363 g/mol. The molecular weight excluding hydrogens is 342 g/mol. The molecule has 0 radical (unpaired) electrons. The number of aryl methyl sites for hydroxylation is 2. The van der Waals surface area contributed by atoms with Crippen LogP contribution in [0, 0.1) is 0 Å². The molecule has 3 aromatic heterocycles. The maximum absolute atomic E-state index is 12.9. The van der Waals surface area contributed by atoms with Gasteiger partial charge in [0.05, 0.1) is 11.4 Å². The molecule has 0 aliphatic rings. The molecule has 0 bridgehead atoms. The summed E-state index contributed by atoms with van der Waals surface area (Å²) in [7, 11) is 3.13. The van der Waals surface area contributed by atoms with Gasteiger partial charge < -0.3 is 4.57 Å². The number of benzene rings is 1. The molecule has 0 unspecified atom stereocenters. The molecule has 1 aromatic carbocycles. The van der Waals surface area contributed by atoms with Crippen molar-refractivity contribution in [1.29, 1.82) is 0 Å². The van der Waals surface area contributed by atoms with Crippen LogP contribution in [0.5, 0.6) is 0 Å². The molecule has 0 saturated carbocycles. The lowest BCUT2D eigenvalue weighted by Gasteiger charge is -2.09. The van der Waals surface area contributed by atoms with E-state index in [1.807, 2.05) is 45.4 Å². The van der Waals surface area contributed by atoms with Crippen molar-refractivity contribution in [2.45, 2.75) is 19.9 Å². The van der Waals surface area contributed by atoms with Crippen LogP contribution in [0.2, 0.25) is 0 Å². The number of aromatic nitrogens is 5. The number of hydrogen-bond acceptors (Lipinski definition) is 3. The fourth-order valence-corrected chi connectivity index (χ4v) is 3.73. The van der Waals surface area contributed by atoms with Crippen LogP contribution in [0.25, 0.3) is 28.2 Å². The van der Waals surface area contributed by atoms with Gasteiger partial charge in [-0.1, -0.05) is 43.3 Å². The Morgan fingerprint density at radius 3 is 2.44 bits per heavy atom. The minimum atomic E-state index is -0.384. The van der Waals surface area contributed by atoms with E-state index >= 15 is 0 Å². The van der Waals surface area contributed by atoms with Gasteiger partial charge in [0, 0.05) is 26.2 Å². The van der Waals surface area contributed by atoms with E-state index in [0.717, 1.165) is 21.5 Å². The number of fused-ring (bicyclic) bond motifs is 3. The maximum Gasteiger partial charge on any atom is 0.332 e. The monoisotopic (exact) mass is 363 g/mol. The Balaban J connectivity index is 2.28. The second-order valence-electron chi connectivity index (χ2n) is 6.54. The maximum atomic E-state index is 12.9. The van der Waals surface area contributed by atoms with Crippen molar-refractivity contribution in [2.75, 3.05) is 0 Å². The molecule has 0 aliphatic heterocycles. The van der Waals surface area contributed by atoms with Gasteiger partial charge in [-0.3, -0.25) is 18.3 Å². The van der Waals surface area contributed by atoms with Crippen molar-refractivity contribution in [3.63, 3.8) is 0 Å². The van der Waals surface area contributed by atoms with Gasteiger partial charge in [0.1, 0.15) is 0 Å². The topological polar surface area (TPSA) is 66.2 Å². The zero-order valence-corrected chi connectivity index (χ0v) is 15.6. The van der Waals surface area contributed by atoms with E-state index in [0.29, 0.717) is 29.9 Å². The summed E-state index contributed by atoms with van der Waals surface area (Å²) in [6.45, 7) is 6.47. The standard InChI is InChI=1S/C20H21N5O2/c1-5-12-24-15(13-10-8-7-9-11-13)14(6-2)25-16-17(21-19(24)25)22(3)20(27)23(4)18(16)26/h5,7-11H,1,6,12H2,2-4H3. The molecule has 27 heavy (non-hydrogen) atoms. The van der Waals surface area contributed by atoms with Gasteiger partial charge in [-0.2, -0.15) is 4.98 Å². The third-order valence-electron chi connectivity index (χ3n) is 4.99. The van der Waals surface area contributed by atoms with Gasteiger partial charge in [0.25, 0.3) is 5.56 Å². The molecule has 0 saturated heterocycles. The number of nitrogens with zero attached hydrogens (tertiary/aromatic N) is 5. The fourth-order valence-electron chi connectivity index (χ4n) is 3.73. The molecule has 0 N–H and O–H groups in total. The summed E-state index contributed by atoms with van der Waals surface area (Å²) in [6, 6.07) is 10.0. The molecule has 0 amide bonds. The van der Waals surface area contributed by atoms with E-state index in [2.05, 4.69) is 18.5 Å². The van der Waals surface area contributed by atoms with E-state index < -0.39 is 0 Å². The van der Waals surface area contributed by atoms with Crippen LogP contribution in [0.4, 0.5) is 0 Å². The van der Waals surface area contributed by atoms with Crippen LogP contribution in [-0.4, -0.2) is 23.1 Å². The third kappa shape index (κ3) is 2.24. The van der Waals surface area contributed by atoms with Crippen LogP contribution in [0.3, 0.4) is 0 Å². The highest BCUT2D eigenvalue weighted by atomic mass is 16.2. The van der Waals surface area contributed by atoms with Crippen molar-refractivity contribution in [2.24, 2.45) is 14.1 Å². The highest BCUT2D eigenvalue weighted by Crippen LogP contribution is 2.30. The van der Waals surface area contributed by atoms with Crippen molar-refractivity contribution in [3.8, 4) is 11.3 Å². The Hall–Kier alpha value is -3.35. The minimum Gasteiger partial charge on any atom is -0.305 e. The Morgan fingerprint density at radius 2 is 1.81 bits per heavy atom. The van der Waals surface area contributed by atoms with E-state index in [-0.39, 0.29) is 11.2 Å². The summed E-state index contributed by atoms with van der Waals surface area (Å²) in [5, 5.41) is 0. The van der Waals surface area contributed by atoms with E-state index in [4.69, 9.17) is 0 Å². The molecular formula is C20H21N5O2. The van der Waals surface area contributed by atoms with Crippen molar-refractivity contribution < 1.29 is 0 Å². The van der Waals surface area contributed by atoms with Gasteiger partial charge in [0.2, 0.25) is 5.78 Å². The summed E-state index contributed by atoms with van der Waals surface area (Å²) >= 11 is 0. The van der Waals surface area contributed by atoms with Crippen molar-refractivity contribution in [3.05, 3.63) is 69.5 Å². The fraction of sp³-hybridized carbons (Fsp3) is 0.250. The summed E-state index contributed by atoms with van der Waals surface area (Å²) < 4.78 is 6.49. The van der Waals surface area contributed by atoms with Gasteiger partial charge in [-0.05, 0) is 6.42 Å². The minimum absolute atomic E-state index is 0.342. The molecule has 4 aromatic rings. The van der Waals surface area contributed by atoms with Crippen molar-refractivity contribution in [1.82, 2.24) is 23.1 Å². The number of hydrogen-bond donors (Lipinski definition) is 0. The lowest BCUT2D eigenvalue weighted by Crippen LogP contribution is -2.37.